The number of halogens is 1. The average molecular weight is 283 g/mol. The first-order valence-corrected chi connectivity index (χ1v) is 7.72. The average Bonchev–Trinajstić information content (AvgIpc) is 2.37. The van der Waals surface area contributed by atoms with Crippen molar-refractivity contribution in [2.45, 2.75) is 43.7 Å². The van der Waals surface area contributed by atoms with Gasteiger partial charge in [0.15, 0.2) is 11.6 Å². The number of fused-ring (bicyclic) bond motifs is 1. The Labute approximate surface area is 119 Å². The highest BCUT2D eigenvalue weighted by Crippen LogP contribution is 2.47. The highest BCUT2D eigenvalue weighted by atomic mass is 32.2. The van der Waals surface area contributed by atoms with Gasteiger partial charge in [-0.05, 0) is 38.4 Å². The molecular formula is C15H22FNOS. The second-order valence-corrected chi connectivity index (χ2v) is 7.06. The van der Waals surface area contributed by atoms with E-state index in [4.69, 9.17) is 4.74 Å². The monoisotopic (exact) mass is 283 g/mol. The van der Waals surface area contributed by atoms with Gasteiger partial charge in [-0.2, -0.15) is 0 Å². The van der Waals surface area contributed by atoms with Gasteiger partial charge in [0.05, 0.1) is 7.11 Å². The van der Waals surface area contributed by atoms with Gasteiger partial charge in [0.2, 0.25) is 0 Å². The van der Waals surface area contributed by atoms with Crippen LogP contribution >= 0.6 is 11.8 Å². The number of nitrogens with one attached hydrogen (secondary N) is 1. The summed E-state index contributed by atoms with van der Waals surface area (Å²) in [5.74, 6) is 0.843. The van der Waals surface area contributed by atoms with Crippen LogP contribution in [0.25, 0.3) is 0 Å². The van der Waals surface area contributed by atoms with Crippen LogP contribution in [-0.4, -0.2) is 18.4 Å². The van der Waals surface area contributed by atoms with E-state index in [0.717, 1.165) is 24.1 Å². The third-order valence-electron chi connectivity index (χ3n) is 3.66. The van der Waals surface area contributed by atoms with E-state index in [-0.39, 0.29) is 16.6 Å². The quantitative estimate of drug-likeness (QED) is 0.905. The fraction of sp³-hybridized carbons (Fsp3) is 0.600. The molecule has 1 aromatic rings. The maximum atomic E-state index is 14.3. The molecule has 0 amide bonds. The minimum absolute atomic E-state index is 0.0726. The lowest BCUT2D eigenvalue weighted by atomic mass is 9.90. The van der Waals surface area contributed by atoms with Crippen molar-refractivity contribution in [2.24, 2.45) is 0 Å². The van der Waals surface area contributed by atoms with Crippen LogP contribution in [0.5, 0.6) is 5.75 Å². The van der Waals surface area contributed by atoms with Crippen molar-refractivity contribution in [3.63, 3.8) is 0 Å². The van der Waals surface area contributed by atoms with Crippen LogP contribution in [0.3, 0.4) is 0 Å². The fourth-order valence-electron chi connectivity index (χ4n) is 2.55. The van der Waals surface area contributed by atoms with E-state index in [1.54, 1.807) is 17.8 Å². The Morgan fingerprint density at radius 3 is 2.84 bits per heavy atom. The van der Waals surface area contributed by atoms with Crippen molar-refractivity contribution in [3.8, 4) is 5.75 Å². The van der Waals surface area contributed by atoms with Gasteiger partial charge in [-0.1, -0.05) is 13.0 Å². The lowest BCUT2D eigenvalue weighted by Gasteiger charge is -2.40. The second-order valence-electron chi connectivity index (χ2n) is 5.43. The number of benzene rings is 1. The summed E-state index contributed by atoms with van der Waals surface area (Å²) in [6.07, 6.45) is 1.07. The first-order valence-electron chi connectivity index (χ1n) is 6.74. The topological polar surface area (TPSA) is 21.3 Å². The maximum Gasteiger partial charge on any atom is 0.169 e. The summed E-state index contributed by atoms with van der Waals surface area (Å²) in [5, 5.41) is 3.55. The van der Waals surface area contributed by atoms with Crippen LogP contribution < -0.4 is 10.1 Å². The second kappa shape index (κ2) is 5.71. The van der Waals surface area contributed by atoms with Crippen molar-refractivity contribution in [2.75, 3.05) is 13.7 Å². The molecule has 1 atom stereocenters. The summed E-state index contributed by atoms with van der Waals surface area (Å²) in [7, 11) is 1.51. The first-order chi connectivity index (χ1) is 9.01. The summed E-state index contributed by atoms with van der Waals surface area (Å²) in [6, 6.07) is 3.93. The number of hydrogen-bond acceptors (Lipinski definition) is 3. The maximum absolute atomic E-state index is 14.3. The van der Waals surface area contributed by atoms with E-state index < -0.39 is 0 Å². The highest BCUT2D eigenvalue weighted by molar-refractivity contribution is 8.00. The van der Waals surface area contributed by atoms with Gasteiger partial charge in [-0.25, -0.2) is 4.39 Å². The van der Waals surface area contributed by atoms with Crippen LogP contribution in [0.1, 0.15) is 44.4 Å². The highest BCUT2D eigenvalue weighted by Gasteiger charge is 2.37. The standard InChI is InChI=1S/C15H22FNOS/c1-5-8-17-14-10-6-7-12(18-4)13(16)11(10)9-19-15(14,2)3/h6-7,14,17H,5,8-9H2,1-4H3. The van der Waals surface area contributed by atoms with Crippen LogP contribution in [-0.2, 0) is 5.75 Å². The molecule has 1 aromatic carbocycles. The van der Waals surface area contributed by atoms with E-state index in [9.17, 15) is 4.39 Å². The fourth-order valence-corrected chi connectivity index (χ4v) is 3.74. The summed E-state index contributed by atoms with van der Waals surface area (Å²) in [5.41, 5.74) is 1.87. The molecule has 0 saturated carbocycles. The largest absolute Gasteiger partial charge is 0.494 e. The van der Waals surface area contributed by atoms with E-state index >= 15 is 0 Å². The molecule has 1 aliphatic rings. The molecule has 106 valence electrons. The Hall–Kier alpha value is -0.740. The third kappa shape index (κ3) is 2.75. The van der Waals surface area contributed by atoms with Gasteiger partial charge in [-0.15, -0.1) is 11.8 Å². The molecule has 4 heteroatoms. The van der Waals surface area contributed by atoms with Crippen molar-refractivity contribution in [1.29, 1.82) is 0 Å². The molecule has 0 saturated heterocycles. The van der Waals surface area contributed by atoms with E-state index in [1.165, 1.54) is 7.11 Å². The zero-order valence-electron chi connectivity index (χ0n) is 12.0. The molecule has 1 unspecified atom stereocenters. The van der Waals surface area contributed by atoms with E-state index in [1.807, 2.05) is 6.07 Å². The molecule has 0 radical (unpaired) electrons. The molecule has 1 heterocycles. The minimum atomic E-state index is -0.203. The first kappa shape index (κ1) is 14.7. The SMILES string of the molecule is CCCNC1c2ccc(OC)c(F)c2CSC1(C)C. The molecule has 0 fully saturated rings. The Balaban J connectivity index is 2.42. The number of hydrogen-bond donors (Lipinski definition) is 1. The Morgan fingerprint density at radius 1 is 1.47 bits per heavy atom. The van der Waals surface area contributed by atoms with Crippen LogP contribution in [0.2, 0.25) is 0 Å². The van der Waals surface area contributed by atoms with Gasteiger partial charge < -0.3 is 10.1 Å². The number of ether oxygens (including phenoxy) is 1. The smallest absolute Gasteiger partial charge is 0.169 e. The van der Waals surface area contributed by atoms with Crippen molar-refractivity contribution < 1.29 is 9.13 Å². The van der Waals surface area contributed by atoms with Crippen LogP contribution in [0.15, 0.2) is 12.1 Å². The van der Waals surface area contributed by atoms with Gasteiger partial charge in [0, 0.05) is 22.1 Å². The number of methoxy groups -OCH3 is 1. The third-order valence-corrected chi connectivity index (χ3v) is 5.07. The predicted molar refractivity (Wildman–Crippen MR) is 79.4 cm³/mol. The zero-order chi connectivity index (χ0) is 14.0. The number of rotatable bonds is 4. The molecular weight excluding hydrogens is 261 g/mol. The minimum Gasteiger partial charge on any atom is -0.494 e. The molecule has 0 aliphatic carbocycles. The molecule has 2 rings (SSSR count). The normalized spacial score (nSPS) is 21.0. The van der Waals surface area contributed by atoms with Gasteiger partial charge in [0.25, 0.3) is 0 Å². The molecule has 2 nitrogen and oxygen atoms in total. The summed E-state index contributed by atoms with van der Waals surface area (Å²) in [6.45, 7) is 7.53. The molecule has 0 aromatic heterocycles. The zero-order valence-corrected chi connectivity index (χ0v) is 12.9. The Bertz CT molecular complexity index is 462. The van der Waals surface area contributed by atoms with E-state index in [0.29, 0.717) is 11.5 Å². The van der Waals surface area contributed by atoms with Crippen molar-refractivity contribution in [3.05, 3.63) is 29.1 Å². The molecule has 1 aliphatic heterocycles. The number of thioether (sulfide) groups is 1. The lowest BCUT2D eigenvalue weighted by molar-refractivity contribution is 0.380. The van der Waals surface area contributed by atoms with Crippen molar-refractivity contribution >= 4 is 11.8 Å². The van der Waals surface area contributed by atoms with Gasteiger partial charge in [-0.3, -0.25) is 0 Å². The van der Waals surface area contributed by atoms with Gasteiger partial charge >= 0.3 is 0 Å². The predicted octanol–water partition coefficient (Wildman–Crippen LogP) is 3.90. The Kier molecular flexibility index (Phi) is 4.41. The van der Waals surface area contributed by atoms with E-state index in [2.05, 4.69) is 26.1 Å². The van der Waals surface area contributed by atoms with Gasteiger partial charge in [0.1, 0.15) is 0 Å². The summed E-state index contributed by atoms with van der Waals surface area (Å²) >= 11 is 1.80. The molecule has 1 N–H and O–H groups in total. The molecule has 0 spiro atoms. The summed E-state index contributed by atoms with van der Waals surface area (Å²) < 4.78 is 19.5. The van der Waals surface area contributed by atoms with Crippen molar-refractivity contribution in [1.82, 2.24) is 5.32 Å². The van der Waals surface area contributed by atoms with Crippen LogP contribution in [0.4, 0.5) is 4.39 Å². The van der Waals surface area contributed by atoms with Crippen LogP contribution in [0, 0.1) is 5.82 Å². The Morgan fingerprint density at radius 2 is 2.21 bits per heavy atom. The molecule has 0 bridgehead atoms. The summed E-state index contributed by atoms with van der Waals surface area (Å²) in [4.78, 5) is 0. The lowest BCUT2D eigenvalue weighted by Crippen LogP contribution is -2.40. The molecule has 19 heavy (non-hydrogen) atoms.